The van der Waals surface area contributed by atoms with Gasteiger partial charge in [0.2, 0.25) is 0 Å². The van der Waals surface area contributed by atoms with Gasteiger partial charge in [-0.1, -0.05) is 30.3 Å². The average molecular weight is 334 g/mol. The van der Waals surface area contributed by atoms with Crippen LogP contribution in [0.4, 0.5) is 0 Å². The van der Waals surface area contributed by atoms with Gasteiger partial charge in [-0.2, -0.15) is 0 Å². The first-order valence-corrected chi connectivity index (χ1v) is 7.39. The predicted molar refractivity (Wildman–Crippen MR) is 90.4 cm³/mol. The zero-order valence-electron chi connectivity index (χ0n) is 12.7. The second-order valence-corrected chi connectivity index (χ2v) is 5.26. The number of hydrogen-bond donors (Lipinski definition) is 1. The van der Waals surface area contributed by atoms with Gasteiger partial charge in [0.15, 0.2) is 0 Å². The molecule has 1 fully saturated rings. The third-order valence-electron chi connectivity index (χ3n) is 3.80. The Bertz CT molecular complexity index is 651. The number of carbonyl (C=O) groups is 1. The molecule has 3 rings (SSSR count). The molecule has 0 spiro atoms. The van der Waals surface area contributed by atoms with Crippen LogP contribution in [0.1, 0.15) is 27.7 Å². The summed E-state index contributed by atoms with van der Waals surface area (Å²) in [5.41, 5.74) is 8.03. The molecule has 1 amide bonds. The number of carbonyl (C=O) groups excluding carboxylic acids is 1. The van der Waals surface area contributed by atoms with Crippen LogP contribution in [0.5, 0.6) is 0 Å². The molecule has 1 aliphatic heterocycles. The maximum Gasteiger partial charge on any atom is 0.254 e. The zero-order chi connectivity index (χ0) is 15.4. The van der Waals surface area contributed by atoms with Crippen molar-refractivity contribution in [2.45, 2.75) is 12.6 Å². The van der Waals surface area contributed by atoms with Crippen molar-refractivity contribution in [3.05, 3.63) is 65.5 Å². The van der Waals surface area contributed by atoms with Crippen LogP contribution >= 0.6 is 12.4 Å². The monoisotopic (exact) mass is 333 g/mol. The van der Waals surface area contributed by atoms with E-state index in [4.69, 9.17) is 10.5 Å². The highest BCUT2D eigenvalue weighted by atomic mass is 35.5. The summed E-state index contributed by atoms with van der Waals surface area (Å²) in [6, 6.07) is 13.5. The van der Waals surface area contributed by atoms with E-state index in [1.54, 1.807) is 18.3 Å². The van der Waals surface area contributed by atoms with E-state index in [1.807, 2.05) is 35.2 Å². The van der Waals surface area contributed by atoms with Crippen molar-refractivity contribution in [3.8, 4) is 0 Å². The van der Waals surface area contributed by atoms with Gasteiger partial charge in [-0.25, -0.2) is 0 Å². The van der Waals surface area contributed by atoms with E-state index in [2.05, 4.69) is 4.98 Å². The van der Waals surface area contributed by atoms with Crippen LogP contribution in [0.2, 0.25) is 0 Å². The largest absolute Gasteiger partial charge is 0.370 e. The van der Waals surface area contributed by atoms with Gasteiger partial charge in [-0.3, -0.25) is 9.78 Å². The fourth-order valence-electron chi connectivity index (χ4n) is 2.61. The lowest BCUT2D eigenvalue weighted by Crippen LogP contribution is -2.42. The zero-order valence-corrected chi connectivity index (χ0v) is 13.5. The first-order chi connectivity index (χ1) is 10.8. The van der Waals surface area contributed by atoms with E-state index in [1.165, 1.54) is 0 Å². The molecule has 0 bridgehead atoms. The lowest BCUT2D eigenvalue weighted by Gasteiger charge is -2.33. The first kappa shape index (κ1) is 17.4. The van der Waals surface area contributed by atoms with Crippen LogP contribution in [0.3, 0.4) is 0 Å². The van der Waals surface area contributed by atoms with Gasteiger partial charge < -0.3 is 15.4 Å². The van der Waals surface area contributed by atoms with Crippen molar-refractivity contribution in [2.24, 2.45) is 5.73 Å². The third kappa shape index (κ3) is 4.07. The molecule has 2 N–H and O–H groups in total. The number of nitrogens with two attached hydrogens (primary N) is 1. The van der Waals surface area contributed by atoms with Gasteiger partial charge in [-0.15, -0.1) is 12.4 Å². The smallest absolute Gasteiger partial charge is 0.254 e. The number of nitrogens with zero attached hydrogens (tertiary/aromatic N) is 2. The Morgan fingerprint density at radius 2 is 2.09 bits per heavy atom. The Hall–Kier alpha value is -1.95. The van der Waals surface area contributed by atoms with Crippen LogP contribution < -0.4 is 5.73 Å². The van der Waals surface area contributed by atoms with Gasteiger partial charge in [0.05, 0.1) is 18.8 Å². The fourth-order valence-corrected chi connectivity index (χ4v) is 2.61. The van der Waals surface area contributed by atoms with Crippen LogP contribution in [-0.2, 0) is 11.3 Å². The predicted octanol–water partition coefficient (Wildman–Crippen LogP) is 2.18. The van der Waals surface area contributed by atoms with Crippen molar-refractivity contribution < 1.29 is 9.53 Å². The van der Waals surface area contributed by atoms with Crippen LogP contribution in [-0.4, -0.2) is 35.5 Å². The molecule has 0 radical (unpaired) electrons. The van der Waals surface area contributed by atoms with E-state index in [0.717, 1.165) is 11.3 Å². The van der Waals surface area contributed by atoms with Gasteiger partial charge >= 0.3 is 0 Å². The highest BCUT2D eigenvalue weighted by Crippen LogP contribution is 2.23. The van der Waals surface area contributed by atoms with E-state index in [9.17, 15) is 4.79 Å². The summed E-state index contributed by atoms with van der Waals surface area (Å²) in [4.78, 5) is 18.6. The number of aromatic nitrogens is 1. The lowest BCUT2D eigenvalue weighted by atomic mass is 10.1. The minimum absolute atomic E-state index is 0. The fraction of sp³-hybridized carbons (Fsp3) is 0.294. The summed E-state index contributed by atoms with van der Waals surface area (Å²) >= 11 is 0. The molecule has 2 heterocycles. The summed E-state index contributed by atoms with van der Waals surface area (Å²) in [5, 5.41) is 0. The Kier molecular flexibility index (Phi) is 6.10. The molecule has 1 aromatic heterocycles. The van der Waals surface area contributed by atoms with Gasteiger partial charge in [0, 0.05) is 24.8 Å². The Morgan fingerprint density at radius 3 is 2.83 bits per heavy atom. The molecule has 122 valence electrons. The molecule has 1 aromatic carbocycles. The molecule has 6 heteroatoms. The average Bonchev–Trinajstić information content (AvgIpc) is 2.62. The Labute approximate surface area is 141 Å². The Balaban J connectivity index is 0.00000192. The molecule has 2 aromatic rings. The van der Waals surface area contributed by atoms with Crippen molar-refractivity contribution in [3.63, 3.8) is 0 Å². The Morgan fingerprint density at radius 1 is 1.30 bits per heavy atom. The normalized spacial score (nSPS) is 17.4. The topological polar surface area (TPSA) is 68.5 Å². The van der Waals surface area contributed by atoms with Crippen molar-refractivity contribution in [1.29, 1.82) is 0 Å². The summed E-state index contributed by atoms with van der Waals surface area (Å²) < 4.78 is 5.80. The number of pyridine rings is 1. The summed E-state index contributed by atoms with van der Waals surface area (Å²) in [5.74, 6) is 0.00123. The van der Waals surface area contributed by atoms with Gasteiger partial charge in [0.25, 0.3) is 5.91 Å². The summed E-state index contributed by atoms with van der Waals surface area (Å²) in [6.45, 7) is 2.03. The molecule has 0 saturated carbocycles. The van der Waals surface area contributed by atoms with Crippen LogP contribution in [0.25, 0.3) is 0 Å². The van der Waals surface area contributed by atoms with Gasteiger partial charge in [0.1, 0.15) is 6.10 Å². The number of ether oxygens (including phenoxy) is 1. The molecular weight excluding hydrogens is 314 g/mol. The van der Waals surface area contributed by atoms with E-state index in [0.29, 0.717) is 31.8 Å². The lowest BCUT2D eigenvalue weighted by molar-refractivity contribution is -0.0228. The summed E-state index contributed by atoms with van der Waals surface area (Å²) in [7, 11) is 0. The number of amides is 1. The number of rotatable bonds is 3. The highest BCUT2D eigenvalue weighted by Gasteiger charge is 2.26. The number of benzene rings is 1. The highest BCUT2D eigenvalue weighted by molar-refractivity contribution is 5.94. The second-order valence-electron chi connectivity index (χ2n) is 5.26. The van der Waals surface area contributed by atoms with E-state index < -0.39 is 0 Å². The maximum absolute atomic E-state index is 12.6. The maximum atomic E-state index is 12.6. The minimum Gasteiger partial charge on any atom is -0.370 e. The van der Waals surface area contributed by atoms with E-state index >= 15 is 0 Å². The standard InChI is InChI=1S/C17H19N3O2.ClH/c18-11-15-10-14(6-7-19-15)17(21)20-8-9-22-16(12-20)13-4-2-1-3-5-13;/h1-7,10,16H,8-9,11-12,18H2;1H. The summed E-state index contributed by atoms with van der Waals surface area (Å²) in [6.07, 6.45) is 1.56. The number of hydrogen-bond acceptors (Lipinski definition) is 4. The molecule has 1 unspecified atom stereocenters. The minimum atomic E-state index is -0.0743. The SMILES string of the molecule is Cl.NCc1cc(C(=O)N2CCOC(c3ccccc3)C2)ccn1. The van der Waals surface area contributed by atoms with Crippen LogP contribution in [0, 0.1) is 0 Å². The van der Waals surface area contributed by atoms with Crippen LogP contribution in [0.15, 0.2) is 48.7 Å². The second kappa shape index (κ2) is 8.06. The molecule has 0 aliphatic carbocycles. The molecule has 5 nitrogen and oxygen atoms in total. The molecule has 23 heavy (non-hydrogen) atoms. The molecule has 1 aliphatic rings. The first-order valence-electron chi connectivity index (χ1n) is 7.39. The number of morpholine rings is 1. The molecular formula is C17H20ClN3O2. The van der Waals surface area contributed by atoms with Gasteiger partial charge in [-0.05, 0) is 17.7 Å². The van der Waals surface area contributed by atoms with E-state index in [-0.39, 0.29) is 24.4 Å². The number of halogens is 1. The molecule has 1 atom stereocenters. The quantitative estimate of drug-likeness (QED) is 0.934. The molecule has 1 saturated heterocycles. The van der Waals surface area contributed by atoms with Crippen molar-refractivity contribution in [2.75, 3.05) is 19.7 Å². The van der Waals surface area contributed by atoms with Crippen molar-refractivity contribution >= 4 is 18.3 Å². The van der Waals surface area contributed by atoms with Crippen molar-refractivity contribution in [1.82, 2.24) is 9.88 Å². The third-order valence-corrected chi connectivity index (χ3v) is 3.80.